The number of carboxylic acids is 1. The van der Waals surface area contributed by atoms with E-state index in [0.717, 1.165) is 32.1 Å². The second-order valence-electron chi connectivity index (χ2n) is 5.19. The van der Waals surface area contributed by atoms with Crippen molar-refractivity contribution < 1.29 is 15.0 Å². The van der Waals surface area contributed by atoms with Crippen LogP contribution < -0.4 is 0 Å². The van der Waals surface area contributed by atoms with E-state index in [2.05, 4.69) is 19.1 Å². The molecule has 0 fully saturated rings. The minimum atomic E-state index is -0.748. The SMILES string of the molecule is CCCCCC=CCCCC(O)CCCCC(=O)O. The van der Waals surface area contributed by atoms with Crippen molar-refractivity contribution >= 4 is 5.97 Å². The van der Waals surface area contributed by atoms with Gasteiger partial charge in [-0.3, -0.25) is 4.79 Å². The molecule has 0 aliphatic rings. The fourth-order valence-electron chi connectivity index (χ4n) is 2.02. The maximum atomic E-state index is 10.3. The molecule has 0 bridgehead atoms. The number of aliphatic hydroxyl groups is 1. The molecule has 0 aromatic carbocycles. The first-order valence-electron chi connectivity index (χ1n) is 7.71. The number of allylic oxidation sites excluding steroid dienone is 2. The van der Waals surface area contributed by atoms with Crippen LogP contribution in [0.4, 0.5) is 0 Å². The quantitative estimate of drug-likeness (QED) is 0.387. The van der Waals surface area contributed by atoms with Crippen LogP contribution >= 0.6 is 0 Å². The van der Waals surface area contributed by atoms with Crippen LogP contribution in [0, 0.1) is 0 Å². The summed E-state index contributed by atoms with van der Waals surface area (Å²) in [4.78, 5) is 10.3. The normalized spacial score (nSPS) is 12.9. The molecule has 1 unspecified atom stereocenters. The predicted molar refractivity (Wildman–Crippen MR) is 79.2 cm³/mol. The maximum Gasteiger partial charge on any atom is 0.303 e. The van der Waals surface area contributed by atoms with Crippen LogP contribution in [0.25, 0.3) is 0 Å². The molecule has 3 heteroatoms. The first-order valence-corrected chi connectivity index (χ1v) is 7.71. The number of unbranched alkanes of at least 4 members (excludes halogenated alkanes) is 5. The Hall–Kier alpha value is -0.830. The molecule has 2 N–H and O–H groups in total. The van der Waals surface area contributed by atoms with Crippen LogP contribution in [0.1, 0.15) is 77.6 Å². The second kappa shape index (κ2) is 13.6. The van der Waals surface area contributed by atoms with E-state index in [4.69, 9.17) is 5.11 Å². The second-order valence-corrected chi connectivity index (χ2v) is 5.19. The summed E-state index contributed by atoms with van der Waals surface area (Å²) in [5.41, 5.74) is 0. The lowest BCUT2D eigenvalue weighted by Crippen LogP contribution is -2.06. The third-order valence-electron chi connectivity index (χ3n) is 3.23. The highest BCUT2D eigenvalue weighted by atomic mass is 16.4. The lowest BCUT2D eigenvalue weighted by molar-refractivity contribution is -0.137. The molecule has 1 atom stereocenters. The van der Waals surface area contributed by atoms with Gasteiger partial charge in [0.25, 0.3) is 0 Å². The fourth-order valence-corrected chi connectivity index (χ4v) is 2.02. The number of hydrogen-bond donors (Lipinski definition) is 2. The molecule has 0 aromatic heterocycles. The van der Waals surface area contributed by atoms with E-state index in [-0.39, 0.29) is 12.5 Å². The van der Waals surface area contributed by atoms with E-state index in [1.165, 1.54) is 25.7 Å². The Morgan fingerprint density at radius 1 is 1.00 bits per heavy atom. The van der Waals surface area contributed by atoms with Crippen molar-refractivity contribution in [3.63, 3.8) is 0 Å². The van der Waals surface area contributed by atoms with Crippen molar-refractivity contribution in [2.75, 3.05) is 0 Å². The van der Waals surface area contributed by atoms with E-state index in [1.807, 2.05) is 0 Å². The summed E-state index contributed by atoms with van der Waals surface area (Å²) in [5, 5.41) is 18.2. The number of carboxylic acid groups (broad SMARTS) is 1. The van der Waals surface area contributed by atoms with Gasteiger partial charge < -0.3 is 10.2 Å². The van der Waals surface area contributed by atoms with Gasteiger partial charge in [0.1, 0.15) is 0 Å². The summed E-state index contributed by atoms with van der Waals surface area (Å²) in [6, 6.07) is 0. The van der Waals surface area contributed by atoms with E-state index >= 15 is 0 Å². The summed E-state index contributed by atoms with van der Waals surface area (Å²) in [6.07, 6.45) is 14.5. The molecular formula is C16H30O3. The maximum absolute atomic E-state index is 10.3. The topological polar surface area (TPSA) is 57.5 Å². The zero-order valence-electron chi connectivity index (χ0n) is 12.3. The molecule has 0 aliphatic heterocycles. The van der Waals surface area contributed by atoms with Crippen LogP contribution in [0.3, 0.4) is 0 Å². The van der Waals surface area contributed by atoms with E-state index in [9.17, 15) is 9.90 Å². The number of aliphatic carboxylic acids is 1. The number of aliphatic hydroxyl groups excluding tert-OH is 1. The van der Waals surface area contributed by atoms with Crippen molar-refractivity contribution in [3.8, 4) is 0 Å². The molecule has 112 valence electrons. The summed E-state index contributed by atoms with van der Waals surface area (Å²) >= 11 is 0. The Morgan fingerprint density at radius 3 is 2.26 bits per heavy atom. The van der Waals surface area contributed by atoms with Crippen LogP contribution in [0.5, 0.6) is 0 Å². The van der Waals surface area contributed by atoms with E-state index in [1.54, 1.807) is 0 Å². The van der Waals surface area contributed by atoms with Gasteiger partial charge in [-0.2, -0.15) is 0 Å². The minimum Gasteiger partial charge on any atom is -0.481 e. The molecule has 0 spiro atoms. The van der Waals surface area contributed by atoms with Gasteiger partial charge in [0.15, 0.2) is 0 Å². The smallest absolute Gasteiger partial charge is 0.303 e. The third kappa shape index (κ3) is 15.1. The highest BCUT2D eigenvalue weighted by molar-refractivity contribution is 5.66. The molecule has 19 heavy (non-hydrogen) atoms. The van der Waals surface area contributed by atoms with Crippen molar-refractivity contribution in [2.45, 2.75) is 83.7 Å². The first-order chi connectivity index (χ1) is 9.16. The third-order valence-corrected chi connectivity index (χ3v) is 3.23. The molecule has 0 saturated carbocycles. The molecule has 0 aliphatic carbocycles. The van der Waals surface area contributed by atoms with Gasteiger partial charge in [0, 0.05) is 6.42 Å². The number of rotatable bonds is 13. The average Bonchev–Trinajstić information content (AvgIpc) is 2.37. The standard InChI is InChI=1S/C16H30O3/c1-2-3-4-5-6-7-8-9-12-15(17)13-10-11-14-16(18)19/h6-7,15,17H,2-5,8-14H2,1H3,(H,18,19). The molecule has 0 heterocycles. The summed E-state index contributed by atoms with van der Waals surface area (Å²) in [5.74, 6) is -0.748. The number of hydrogen-bond acceptors (Lipinski definition) is 2. The summed E-state index contributed by atoms with van der Waals surface area (Å²) < 4.78 is 0. The lowest BCUT2D eigenvalue weighted by atomic mass is 10.0. The zero-order chi connectivity index (χ0) is 14.3. The van der Waals surface area contributed by atoms with Gasteiger partial charge in [0.2, 0.25) is 0 Å². The van der Waals surface area contributed by atoms with Crippen molar-refractivity contribution in [3.05, 3.63) is 12.2 Å². The molecule has 0 rings (SSSR count). The van der Waals surface area contributed by atoms with Gasteiger partial charge in [0.05, 0.1) is 6.10 Å². The van der Waals surface area contributed by atoms with Crippen molar-refractivity contribution in [2.24, 2.45) is 0 Å². The first kappa shape index (κ1) is 18.2. The highest BCUT2D eigenvalue weighted by Gasteiger charge is 2.04. The van der Waals surface area contributed by atoms with Crippen molar-refractivity contribution in [1.82, 2.24) is 0 Å². The van der Waals surface area contributed by atoms with Crippen LogP contribution in [-0.2, 0) is 4.79 Å². The lowest BCUT2D eigenvalue weighted by Gasteiger charge is -2.08. The Kier molecular flexibility index (Phi) is 13.0. The molecule has 0 saturated heterocycles. The monoisotopic (exact) mass is 270 g/mol. The fraction of sp³-hybridized carbons (Fsp3) is 0.812. The average molecular weight is 270 g/mol. The Balaban J connectivity index is 3.28. The van der Waals surface area contributed by atoms with Crippen LogP contribution in [-0.4, -0.2) is 22.3 Å². The van der Waals surface area contributed by atoms with Gasteiger partial charge in [-0.15, -0.1) is 0 Å². The molecular weight excluding hydrogens is 240 g/mol. The summed E-state index contributed by atoms with van der Waals surface area (Å²) in [7, 11) is 0. The van der Waals surface area contributed by atoms with Gasteiger partial charge >= 0.3 is 5.97 Å². The van der Waals surface area contributed by atoms with Crippen LogP contribution in [0.2, 0.25) is 0 Å². The molecule has 0 radical (unpaired) electrons. The van der Waals surface area contributed by atoms with Gasteiger partial charge in [-0.25, -0.2) is 0 Å². The number of carbonyl (C=O) groups is 1. The Bertz CT molecular complexity index is 236. The van der Waals surface area contributed by atoms with E-state index < -0.39 is 5.97 Å². The largest absolute Gasteiger partial charge is 0.481 e. The van der Waals surface area contributed by atoms with E-state index in [0.29, 0.717) is 6.42 Å². The Morgan fingerprint density at radius 2 is 1.63 bits per heavy atom. The van der Waals surface area contributed by atoms with Gasteiger partial charge in [-0.05, 0) is 44.9 Å². The van der Waals surface area contributed by atoms with Crippen LogP contribution in [0.15, 0.2) is 12.2 Å². The van der Waals surface area contributed by atoms with Gasteiger partial charge in [-0.1, -0.05) is 38.3 Å². The predicted octanol–water partition coefficient (Wildman–Crippen LogP) is 4.30. The van der Waals surface area contributed by atoms with Crippen molar-refractivity contribution in [1.29, 1.82) is 0 Å². The molecule has 3 nitrogen and oxygen atoms in total. The molecule has 0 amide bonds. The summed E-state index contributed by atoms with van der Waals surface area (Å²) in [6.45, 7) is 2.21. The zero-order valence-corrected chi connectivity index (χ0v) is 12.3. The molecule has 0 aromatic rings. The minimum absolute atomic E-state index is 0.215. The highest BCUT2D eigenvalue weighted by Crippen LogP contribution is 2.10. The Labute approximate surface area is 117 Å².